The lowest BCUT2D eigenvalue weighted by molar-refractivity contribution is 0.617. The van der Waals surface area contributed by atoms with E-state index in [4.69, 9.17) is 0 Å². The van der Waals surface area contributed by atoms with Gasteiger partial charge in [-0.1, -0.05) is 46.4 Å². The van der Waals surface area contributed by atoms with Crippen LogP contribution in [0, 0.1) is 5.92 Å². The molecule has 2 rings (SSSR count). The number of halogens is 1. The van der Waals surface area contributed by atoms with Crippen LogP contribution in [0.2, 0.25) is 0 Å². The van der Waals surface area contributed by atoms with Crippen molar-refractivity contribution in [1.82, 2.24) is 0 Å². The maximum absolute atomic E-state index is 2.55. The second kappa shape index (κ2) is 2.68. The van der Waals surface area contributed by atoms with Crippen molar-refractivity contribution in [1.29, 1.82) is 0 Å². The van der Waals surface area contributed by atoms with Crippen molar-refractivity contribution in [2.75, 3.05) is 0 Å². The second-order valence-corrected chi connectivity index (χ2v) is 4.48. The number of hydrogen-bond donors (Lipinski definition) is 0. The third kappa shape index (κ3) is 1.04. The van der Waals surface area contributed by atoms with E-state index in [0.29, 0.717) is 0 Å². The van der Waals surface area contributed by atoms with Gasteiger partial charge in [-0.15, -0.1) is 0 Å². The van der Waals surface area contributed by atoms with E-state index in [2.05, 4.69) is 40.8 Å². The highest BCUT2D eigenvalue weighted by Crippen LogP contribution is 2.38. The van der Waals surface area contributed by atoms with Gasteiger partial charge in [-0.25, -0.2) is 0 Å². The molecule has 0 nitrogen and oxygen atoms in total. The van der Waals surface area contributed by atoms with E-state index in [0.717, 1.165) is 9.84 Å². The molecule has 54 valence electrons. The van der Waals surface area contributed by atoms with Crippen LogP contribution >= 0.6 is 22.6 Å². The van der Waals surface area contributed by atoms with Crippen molar-refractivity contribution in [2.24, 2.45) is 5.92 Å². The Balaban J connectivity index is 2.24. The van der Waals surface area contributed by atoms with E-state index in [1.165, 1.54) is 19.3 Å². The minimum absolute atomic E-state index is 0.778. The fraction of sp³-hybridized carbons (Fsp3) is 0.556. The first-order valence-electron chi connectivity index (χ1n) is 3.87. The van der Waals surface area contributed by atoms with E-state index in [-0.39, 0.29) is 0 Å². The van der Waals surface area contributed by atoms with Gasteiger partial charge >= 0.3 is 0 Å². The first-order valence-corrected chi connectivity index (χ1v) is 5.12. The predicted molar refractivity (Wildman–Crippen MR) is 52.4 cm³/mol. The normalized spacial score (nSPS) is 37.5. The molecule has 0 aromatic rings. The molecule has 0 fully saturated rings. The van der Waals surface area contributed by atoms with Crippen molar-refractivity contribution < 1.29 is 0 Å². The van der Waals surface area contributed by atoms with Crippen molar-refractivity contribution in [3.63, 3.8) is 0 Å². The summed E-state index contributed by atoms with van der Waals surface area (Å²) in [6.45, 7) is 0. The molecule has 0 saturated heterocycles. The largest absolute Gasteiger partial charge is 0.0847 e. The Labute approximate surface area is 75.5 Å². The molecule has 0 heterocycles. The quantitative estimate of drug-likeness (QED) is 0.350. The molecule has 2 atom stereocenters. The van der Waals surface area contributed by atoms with Crippen LogP contribution in [0.4, 0.5) is 0 Å². The highest BCUT2D eigenvalue weighted by atomic mass is 127. The zero-order chi connectivity index (χ0) is 6.97. The summed E-state index contributed by atoms with van der Waals surface area (Å²) in [7, 11) is 0. The Kier molecular flexibility index (Phi) is 1.85. The van der Waals surface area contributed by atoms with E-state index in [9.17, 15) is 0 Å². The van der Waals surface area contributed by atoms with Gasteiger partial charge in [0, 0.05) is 3.92 Å². The number of allylic oxidation sites excluding steroid dienone is 4. The van der Waals surface area contributed by atoms with E-state index in [1.54, 1.807) is 5.57 Å². The molecule has 0 spiro atoms. The van der Waals surface area contributed by atoms with Crippen LogP contribution in [0.1, 0.15) is 19.3 Å². The summed E-state index contributed by atoms with van der Waals surface area (Å²) < 4.78 is 0.778. The topological polar surface area (TPSA) is 0 Å². The molecule has 2 aliphatic rings. The molecule has 2 unspecified atom stereocenters. The smallest absolute Gasteiger partial charge is 0.0355 e. The fourth-order valence-electron chi connectivity index (χ4n) is 1.85. The van der Waals surface area contributed by atoms with Crippen molar-refractivity contribution in [2.45, 2.75) is 23.2 Å². The number of fused-ring (bicyclic) bond motifs is 1. The van der Waals surface area contributed by atoms with Gasteiger partial charge in [-0.3, -0.25) is 0 Å². The Bertz CT molecular complexity index is 191. The van der Waals surface area contributed by atoms with Crippen LogP contribution in [-0.4, -0.2) is 3.92 Å². The van der Waals surface area contributed by atoms with Crippen LogP contribution in [0.15, 0.2) is 23.8 Å². The third-order valence-electron chi connectivity index (χ3n) is 2.42. The molecule has 0 aromatic carbocycles. The van der Waals surface area contributed by atoms with Crippen LogP contribution in [0.25, 0.3) is 0 Å². The van der Waals surface area contributed by atoms with Gasteiger partial charge in [-0.05, 0) is 25.2 Å². The lowest BCUT2D eigenvalue weighted by atomic mass is 9.91. The van der Waals surface area contributed by atoms with E-state index >= 15 is 0 Å². The molecule has 10 heavy (non-hydrogen) atoms. The van der Waals surface area contributed by atoms with Gasteiger partial charge in [0.25, 0.3) is 0 Å². The fourth-order valence-corrected chi connectivity index (χ4v) is 2.97. The van der Waals surface area contributed by atoms with Crippen LogP contribution in [0.3, 0.4) is 0 Å². The summed E-state index contributed by atoms with van der Waals surface area (Å²) in [5, 5.41) is 0. The van der Waals surface area contributed by atoms with Gasteiger partial charge in [-0.2, -0.15) is 0 Å². The van der Waals surface area contributed by atoms with Gasteiger partial charge < -0.3 is 0 Å². The minimum atomic E-state index is 0.778. The number of rotatable bonds is 0. The maximum Gasteiger partial charge on any atom is 0.0355 e. The van der Waals surface area contributed by atoms with Gasteiger partial charge in [0.05, 0.1) is 0 Å². The van der Waals surface area contributed by atoms with Gasteiger partial charge in [0.15, 0.2) is 0 Å². The molecule has 0 bridgehead atoms. The highest BCUT2D eigenvalue weighted by molar-refractivity contribution is 14.1. The first-order chi connectivity index (χ1) is 4.88. The summed E-state index contributed by atoms with van der Waals surface area (Å²) in [4.78, 5) is 0. The van der Waals surface area contributed by atoms with Crippen molar-refractivity contribution in [3.05, 3.63) is 23.8 Å². The molecule has 0 N–H and O–H groups in total. The van der Waals surface area contributed by atoms with Crippen molar-refractivity contribution >= 4 is 22.6 Å². The van der Waals surface area contributed by atoms with E-state index < -0.39 is 0 Å². The van der Waals surface area contributed by atoms with Crippen molar-refractivity contribution in [3.8, 4) is 0 Å². The molecule has 1 heteroatoms. The van der Waals surface area contributed by atoms with Gasteiger partial charge in [0.1, 0.15) is 0 Å². The molecular weight excluding hydrogens is 235 g/mol. The summed E-state index contributed by atoms with van der Waals surface area (Å²) in [6.07, 6.45) is 11.0. The van der Waals surface area contributed by atoms with E-state index in [1.807, 2.05) is 0 Å². The molecule has 0 aromatic heterocycles. The highest BCUT2D eigenvalue weighted by Gasteiger charge is 2.25. The standard InChI is InChI=1S/C9H11I/c10-9-6-2-4-7-3-1-5-8(7)9/h2-3,6,8-9H,1,4-5H2. The zero-order valence-corrected chi connectivity index (χ0v) is 8.04. The summed E-state index contributed by atoms with van der Waals surface area (Å²) in [6, 6.07) is 0. The Morgan fingerprint density at radius 1 is 1.50 bits per heavy atom. The third-order valence-corrected chi connectivity index (χ3v) is 3.70. The molecule has 2 aliphatic carbocycles. The van der Waals surface area contributed by atoms with Crippen LogP contribution < -0.4 is 0 Å². The summed E-state index contributed by atoms with van der Waals surface area (Å²) in [5.41, 5.74) is 1.70. The van der Waals surface area contributed by atoms with Gasteiger partial charge in [0.2, 0.25) is 0 Å². The Morgan fingerprint density at radius 2 is 2.40 bits per heavy atom. The molecule has 0 saturated carbocycles. The molecular formula is C9H11I. The number of hydrogen-bond acceptors (Lipinski definition) is 0. The molecule has 0 radical (unpaired) electrons. The average Bonchev–Trinajstić information content (AvgIpc) is 2.36. The zero-order valence-electron chi connectivity index (χ0n) is 5.89. The maximum atomic E-state index is 2.55. The Hall–Kier alpha value is 0.210. The lowest BCUT2D eigenvalue weighted by Gasteiger charge is -2.21. The lowest BCUT2D eigenvalue weighted by Crippen LogP contribution is -2.14. The Morgan fingerprint density at radius 3 is 3.20 bits per heavy atom. The SMILES string of the molecule is IC1C=CCC2=CCCC21. The summed E-state index contributed by atoms with van der Waals surface area (Å²) in [5.74, 6) is 0.894. The average molecular weight is 246 g/mol. The second-order valence-electron chi connectivity index (χ2n) is 3.04. The van der Waals surface area contributed by atoms with Crippen LogP contribution in [-0.2, 0) is 0 Å². The minimum Gasteiger partial charge on any atom is -0.0847 e. The van der Waals surface area contributed by atoms with Crippen LogP contribution in [0.5, 0.6) is 0 Å². The first kappa shape index (κ1) is 6.89. The molecule has 0 amide bonds. The monoisotopic (exact) mass is 246 g/mol. The summed E-state index contributed by atoms with van der Waals surface area (Å²) >= 11 is 2.55. The molecule has 0 aliphatic heterocycles. The predicted octanol–water partition coefficient (Wildman–Crippen LogP) is 3.09. The number of alkyl halides is 1.